The molecule has 0 aromatic heterocycles. The molecule has 4 heteroatoms. The number of rotatable bonds is 4. The average molecular weight is 223 g/mol. The first-order valence-corrected chi connectivity index (χ1v) is 5.06. The number of benzene rings is 1. The molecule has 16 heavy (non-hydrogen) atoms. The maximum Gasteiger partial charge on any atom is 0.323 e. The van der Waals surface area contributed by atoms with Gasteiger partial charge in [-0.05, 0) is 38.6 Å². The summed E-state index contributed by atoms with van der Waals surface area (Å²) in [5.41, 5.74) is -0.0392. The summed E-state index contributed by atoms with van der Waals surface area (Å²) in [6.07, 6.45) is 0. The fourth-order valence-electron chi connectivity index (χ4n) is 1.29. The number of phenols is 1. The molecular weight excluding hydrogens is 206 g/mol. The van der Waals surface area contributed by atoms with Gasteiger partial charge in [-0.15, -0.1) is 0 Å². The number of carbonyl (C=O) groups is 1. The van der Waals surface area contributed by atoms with Gasteiger partial charge < -0.3 is 10.2 Å². The van der Waals surface area contributed by atoms with Crippen LogP contribution in [0, 0.1) is 0 Å². The van der Waals surface area contributed by atoms with Gasteiger partial charge in [-0.3, -0.25) is 9.69 Å². The molecule has 0 aliphatic carbocycles. The summed E-state index contributed by atoms with van der Waals surface area (Å²) in [6.45, 7) is 3.78. The number of hydrogen-bond donors (Lipinski definition) is 2. The Morgan fingerprint density at radius 3 is 2.56 bits per heavy atom. The predicted molar refractivity (Wildman–Crippen MR) is 61.3 cm³/mol. The first kappa shape index (κ1) is 12.5. The lowest BCUT2D eigenvalue weighted by molar-refractivity contribution is -0.148. The van der Waals surface area contributed by atoms with Crippen LogP contribution in [0.4, 0.5) is 0 Å². The molecule has 0 atom stereocenters. The van der Waals surface area contributed by atoms with E-state index in [0.717, 1.165) is 5.56 Å². The third-order valence-electron chi connectivity index (χ3n) is 2.81. The summed E-state index contributed by atoms with van der Waals surface area (Å²) < 4.78 is 0. The van der Waals surface area contributed by atoms with Crippen molar-refractivity contribution in [1.29, 1.82) is 0 Å². The van der Waals surface area contributed by atoms with Crippen LogP contribution in [0.2, 0.25) is 0 Å². The second-order valence-corrected chi connectivity index (χ2v) is 4.39. The minimum absolute atomic E-state index is 0.194. The van der Waals surface area contributed by atoms with Crippen molar-refractivity contribution in [2.45, 2.75) is 25.9 Å². The van der Waals surface area contributed by atoms with Crippen molar-refractivity contribution in [1.82, 2.24) is 4.90 Å². The monoisotopic (exact) mass is 223 g/mol. The minimum atomic E-state index is -0.925. The Balaban J connectivity index is 2.79. The third-order valence-corrected chi connectivity index (χ3v) is 2.81. The molecule has 0 fully saturated rings. The SMILES string of the molecule is CN(Cc1cccc(O)c1)C(C)(C)C(=O)O. The molecule has 0 aliphatic heterocycles. The molecule has 0 radical (unpaired) electrons. The summed E-state index contributed by atoms with van der Waals surface area (Å²) in [5.74, 6) is -0.672. The molecular formula is C12H17NO3. The van der Waals surface area contributed by atoms with E-state index >= 15 is 0 Å². The summed E-state index contributed by atoms with van der Waals surface area (Å²) in [4.78, 5) is 12.8. The Morgan fingerprint density at radius 2 is 2.06 bits per heavy atom. The van der Waals surface area contributed by atoms with Crippen LogP contribution in [0.25, 0.3) is 0 Å². The van der Waals surface area contributed by atoms with Crippen LogP contribution in [-0.4, -0.2) is 33.7 Å². The van der Waals surface area contributed by atoms with E-state index in [9.17, 15) is 9.90 Å². The second kappa shape index (κ2) is 4.53. The molecule has 0 saturated carbocycles. The van der Waals surface area contributed by atoms with E-state index < -0.39 is 11.5 Å². The Kier molecular flexibility index (Phi) is 3.55. The van der Waals surface area contributed by atoms with Crippen molar-refractivity contribution < 1.29 is 15.0 Å². The standard InChI is InChI=1S/C12H17NO3/c1-12(2,11(15)16)13(3)8-9-5-4-6-10(14)7-9/h4-7,14H,8H2,1-3H3,(H,15,16). The highest BCUT2D eigenvalue weighted by molar-refractivity contribution is 5.77. The lowest BCUT2D eigenvalue weighted by Crippen LogP contribution is -2.47. The van der Waals surface area contributed by atoms with Crippen LogP contribution in [-0.2, 0) is 11.3 Å². The van der Waals surface area contributed by atoms with Crippen LogP contribution in [0.5, 0.6) is 5.75 Å². The minimum Gasteiger partial charge on any atom is -0.508 e. The van der Waals surface area contributed by atoms with E-state index in [4.69, 9.17) is 5.11 Å². The van der Waals surface area contributed by atoms with Crippen LogP contribution < -0.4 is 0 Å². The van der Waals surface area contributed by atoms with Crippen molar-refractivity contribution in [2.24, 2.45) is 0 Å². The second-order valence-electron chi connectivity index (χ2n) is 4.39. The first-order chi connectivity index (χ1) is 7.34. The molecule has 0 unspecified atom stereocenters. The largest absolute Gasteiger partial charge is 0.508 e. The molecule has 0 aliphatic rings. The summed E-state index contributed by atoms with van der Waals surface area (Å²) >= 11 is 0. The molecule has 1 rings (SSSR count). The van der Waals surface area contributed by atoms with Crippen LogP contribution in [0.1, 0.15) is 19.4 Å². The summed E-state index contributed by atoms with van der Waals surface area (Å²) in [7, 11) is 1.75. The van der Waals surface area contributed by atoms with Gasteiger partial charge in [0.15, 0.2) is 0 Å². The molecule has 2 N–H and O–H groups in total. The zero-order valence-electron chi connectivity index (χ0n) is 9.77. The van der Waals surface area contributed by atoms with Gasteiger partial charge in [0, 0.05) is 6.54 Å². The van der Waals surface area contributed by atoms with Crippen molar-refractivity contribution in [2.75, 3.05) is 7.05 Å². The van der Waals surface area contributed by atoms with Crippen molar-refractivity contribution in [3.8, 4) is 5.75 Å². The molecule has 1 aromatic carbocycles. The van der Waals surface area contributed by atoms with Gasteiger partial charge in [-0.1, -0.05) is 12.1 Å². The number of aliphatic carboxylic acids is 1. The van der Waals surface area contributed by atoms with Crippen molar-refractivity contribution in [3.63, 3.8) is 0 Å². The maximum absolute atomic E-state index is 11.0. The fourth-order valence-corrected chi connectivity index (χ4v) is 1.29. The average Bonchev–Trinajstić information content (AvgIpc) is 2.17. The molecule has 1 aromatic rings. The molecule has 0 amide bonds. The van der Waals surface area contributed by atoms with Gasteiger partial charge in [-0.2, -0.15) is 0 Å². The molecule has 0 saturated heterocycles. The Hall–Kier alpha value is -1.55. The maximum atomic E-state index is 11.0. The zero-order chi connectivity index (χ0) is 12.3. The van der Waals surface area contributed by atoms with E-state index in [-0.39, 0.29) is 5.75 Å². The molecule has 4 nitrogen and oxygen atoms in total. The topological polar surface area (TPSA) is 60.8 Å². The van der Waals surface area contributed by atoms with E-state index in [1.807, 2.05) is 6.07 Å². The number of nitrogens with zero attached hydrogens (tertiary/aromatic N) is 1. The normalized spacial score (nSPS) is 11.8. The number of likely N-dealkylation sites (N-methyl/N-ethyl adjacent to an activating group) is 1. The van der Waals surface area contributed by atoms with Crippen LogP contribution in [0.3, 0.4) is 0 Å². The molecule has 0 bridgehead atoms. The van der Waals surface area contributed by atoms with Gasteiger partial charge in [0.2, 0.25) is 0 Å². The number of carboxylic acid groups (broad SMARTS) is 1. The number of carboxylic acids is 1. The Bertz CT molecular complexity index is 388. The zero-order valence-corrected chi connectivity index (χ0v) is 9.77. The van der Waals surface area contributed by atoms with Gasteiger partial charge in [0.05, 0.1) is 0 Å². The summed E-state index contributed by atoms with van der Waals surface area (Å²) in [6, 6.07) is 6.82. The van der Waals surface area contributed by atoms with E-state index in [1.165, 1.54) is 0 Å². The summed E-state index contributed by atoms with van der Waals surface area (Å²) in [5, 5.41) is 18.4. The van der Waals surface area contributed by atoms with Crippen molar-refractivity contribution in [3.05, 3.63) is 29.8 Å². The quantitative estimate of drug-likeness (QED) is 0.815. The molecule has 0 heterocycles. The van der Waals surface area contributed by atoms with E-state index in [1.54, 1.807) is 44.0 Å². The Morgan fingerprint density at radius 1 is 1.44 bits per heavy atom. The highest BCUT2D eigenvalue weighted by Crippen LogP contribution is 2.18. The van der Waals surface area contributed by atoms with Gasteiger partial charge >= 0.3 is 5.97 Å². The van der Waals surface area contributed by atoms with Gasteiger partial charge in [-0.25, -0.2) is 0 Å². The van der Waals surface area contributed by atoms with E-state index in [0.29, 0.717) is 6.54 Å². The highest BCUT2D eigenvalue weighted by Gasteiger charge is 2.31. The Labute approximate surface area is 95.1 Å². The number of hydrogen-bond acceptors (Lipinski definition) is 3. The van der Waals surface area contributed by atoms with Crippen molar-refractivity contribution >= 4 is 5.97 Å². The van der Waals surface area contributed by atoms with Crippen LogP contribution in [0.15, 0.2) is 24.3 Å². The van der Waals surface area contributed by atoms with Gasteiger partial charge in [0.1, 0.15) is 11.3 Å². The van der Waals surface area contributed by atoms with Gasteiger partial charge in [0.25, 0.3) is 0 Å². The molecule has 0 spiro atoms. The predicted octanol–water partition coefficient (Wildman–Crippen LogP) is 1.69. The lowest BCUT2D eigenvalue weighted by Gasteiger charge is -2.31. The first-order valence-electron chi connectivity index (χ1n) is 5.06. The van der Waals surface area contributed by atoms with E-state index in [2.05, 4.69) is 0 Å². The fraction of sp³-hybridized carbons (Fsp3) is 0.417. The highest BCUT2D eigenvalue weighted by atomic mass is 16.4. The smallest absolute Gasteiger partial charge is 0.323 e. The number of aromatic hydroxyl groups is 1. The number of phenolic OH excluding ortho intramolecular Hbond substituents is 1. The lowest BCUT2D eigenvalue weighted by atomic mass is 10.0. The molecule has 88 valence electrons. The third kappa shape index (κ3) is 2.73. The van der Waals surface area contributed by atoms with Crippen LogP contribution >= 0.6 is 0 Å².